The second-order valence-electron chi connectivity index (χ2n) is 4.99. The Morgan fingerprint density at radius 2 is 2.11 bits per heavy atom. The first-order valence-electron chi connectivity index (χ1n) is 6.64. The van der Waals surface area contributed by atoms with E-state index >= 15 is 0 Å². The van der Waals surface area contributed by atoms with Crippen molar-refractivity contribution in [3.63, 3.8) is 0 Å². The van der Waals surface area contributed by atoms with E-state index in [0.29, 0.717) is 28.5 Å². The number of carbonyl (C=O) groups is 1. The van der Waals surface area contributed by atoms with Crippen LogP contribution in [0, 0.1) is 0 Å². The molecule has 0 radical (unpaired) electrons. The largest absolute Gasteiger partial charge is 0.380 e. The van der Waals surface area contributed by atoms with E-state index in [1.54, 1.807) is 6.33 Å². The highest BCUT2D eigenvalue weighted by Gasteiger charge is 2.19. The molecule has 1 saturated carbocycles. The Bertz CT molecular complexity index is 600. The number of aromatic nitrogens is 3. The molecule has 19 heavy (non-hydrogen) atoms. The van der Waals surface area contributed by atoms with Gasteiger partial charge in [-0.1, -0.05) is 19.3 Å². The van der Waals surface area contributed by atoms with Crippen molar-refractivity contribution < 1.29 is 4.79 Å². The number of nitrogens with two attached hydrogens (primary N) is 1. The van der Waals surface area contributed by atoms with Crippen LogP contribution in [0.5, 0.6) is 0 Å². The lowest BCUT2D eigenvalue weighted by Crippen LogP contribution is -2.25. The van der Waals surface area contributed by atoms with Gasteiger partial charge in [0.25, 0.3) is 5.91 Å². The number of imidazole rings is 1. The molecule has 1 aliphatic rings. The molecule has 3 rings (SSSR count). The molecule has 0 aliphatic heterocycles. The molecular weight excluding hydrogens is 242 g/mol. The first-order chi connectivity index (χ1) is 9.25. The van der Waals surface area contributed by atoms with Crippen LogP contribution >= 0.6 is 0 Å². The van der Waals surface area contributed by atoms with E-state index in [1.807, 2.05) is 0 Å². The SMILES string of the molecule is NC(=O)c1cnc2[nH]cnc2c1NC1CCCCC1. The minimum Gasteiger partial charge on any atom is -0.380 e. The number of hydrogen-bond donors (Lipinski definition) is 3. The maximum absolute atomic E-state index is 11.5. The van der Waals surface area contributed by atoms with Crippen LogP contribution in [0.3, 0.4) is 0 Å². The third kappa shape index (κ3) is 2.25. The fraction of sp³-hybridized carbons (Fsp3) is 0.462. The lowest BCUT2D eigenvalue weighted by atomic mass is 9.95. The second kappa shape index (κ2) is 4.87. The monoisotopic (exact) mass is 259 g/mol. The Kier molecular flexibility index (Phi) is 3.06. The molecule has 2 aromatic rings. The highest BCUT2D eigenvalue weighted by molar-refractivity contribution is 6.04. The van der Waals surface area contributed by atoms with Crippen LogP contribution in [0.1, 0.15) is 42.5 Å². The molecule has 0 bridgehead atoms. The number of aromatic amines is 1. The van der Waals surface area contributed by atoms with Crippen molar-refractivity contribution in [2.24, 2.45) is 5.73 Å². The van der Waals surface area contributed by atoms with Crippen LogP contribution < -0.4 is 11.1 Å². The van der Waals surface area contributed by atoms with Crippen molar-refractivity contribution in [1.29, 1.82) is 0 Å². The molecule has 2 heterocycles. The van der Waals surface area contributed by atoms with E-state index < -0.39 is 5.91 Å². The van der Waals surface area contributed by atoms with Crippen molar-refractivity contribution in [3.05, 3.63) is 18.1 Å². The summed E-state index contributed by atoms with van der Waals surface area (Å²) in [6, 6.07) is 0.383. The van der Waals surface area contributed by atoms with E-state index in [2.05, 4.69) is 20.3 Å². The Morgan fingerprint density at radius 3 is 2.84 bits per heavy atom. The summed E-state index contributed by atoms with van der Waals surface area (Å²) in [4.78, 5) is 22.9. The molecular formula is C13H17N5O. The quantitative estimate of drug-likeness (QED) is 0.783. The zero-order chi connectivity index (χ0) is 13.2. The fourth-order valence-electron chi connectivity index (χ4n) is 2.67. The molecule has 1 aliphatic carbocycles. The molecule has 1 fully saturated rings. The zero-order valence-electron chi connectivity index (χ0n) is 10.6. The van der Waals surface area contributed by atoms with Crippen molar-refractivity contribution >= 4 is 22.8 Å². The number of hydrogen-bond acceptors (Lipinski definition) is 4. The van der Waals surface area contributed by atoms with Crippen LogP contribution in [0.4, 0.5) is 5.69 Å². The number of carbonyl (C=O) groups excluding carboxylic acids is 1. The number of pyridine rings is 1. The molecule has 0 unspecified atom stereocenters. The van der Waals surface area contributed by atoms with Gasteiger partial charge in [-0.05, 0) is 12.8 Å². The summed E-state index contributed by atoms with van der Waals surface area (Å²) in [7, 11) is 0. The molecule has 2 aromatic heterocycles. The molecule has 0 saturated heterocycles. The summed E-state index contributed by atoms with van der Waals surface area (Å²) in [6.07, 6.45) is 9.05. The van der Waals surface area contributed by atoms with E-state index in [1.165, 1.54) is 25.5 Å². The van der Waals surface area contributed by atoms with Gasteiger partial charge in [0, 0.05) is 12.2 Å². The van der Waals surface area contributed by atoms with Gasteiger partial charge in [-0.15, -0.1) is 0 Å². The first-order valence-corrected chi connectivity index (χ1v) is 6.64. The summed E-state index contributed by atoms with van der Waals surface area (Å²) in [5.41, 5.74) is 7.90. The number of H-pyrrole nitrogens is 1. The van der Waals surface area contributed by atoms with E-state index in [0.717, 1.165) is 12.8 Å². The Morgan fingerprint density at radius 1 is 1.32 bits per heavy atom. The van der Waals surface area contributed by atoms with Crippen LogP contribution in [0.15, 0.2) is 12.5 Å². The van der Waals surface area contributed by atoms with Gasteiger partial charge in [0.1, 0.15) is 5.52 Å². The molecule has 0 spiro atoms. The molecule has 0 atom stereocenters. The predicted octanol–water partition coefficient (Wildman–Crippen LogP) is 1.80. The number of amides is 1. The van der Waals surface area contributed by atoms with Crippen molar-refractivity contribution in [2.75, 3.05) is 5.32 Å². The van der Waals surface area contributed by atoms with Gasteiger partial charge in [-0.2, -0.15) is 0 Å². The smallest absolute Gasteiger partial charge is 0.252 e. The minimum atomic E-state index is -0.476. The fourth-order valence-corrected chi connectivity index (χ4v) is 2.67. The highest BCUT2D eigenvalue weighted by atomic mass is 16.1. The normalized spacial score (nSPS) is 16.6. The molecule has 100 valence electrons. The predicted molar refractivity (Wildman–Crippen MR) is 72.9 cm³/mol. The summed E-state index contributed by atoms with van der Waals surface area (Å²) in [6.45, 7) is 0. The number of fused-ring (bicyclic) bond motifs is 1. The van der Waals surface area contributed by atoms with Gasteiger partial charge in [-0.25, -0.2) is 9.97 Å². The van der Waals surface area contributed by atoms with Crippen molar-refractivity contribution in [1.82, 2.24) is 15.0 Å². The summed E-state index contributed by atoms with van der Waals surface area (Å²) in [5.74, 6) is -0.476. The third-order valence-electron chi connectivity index (χ3n) is 3.67. The van der Waals surface area contributed by atoms with E-state index in [4.69, 9.17) is 5.73 Å². The summed E-state index contributed by atoms with van der Waals surface area (Å²) < 4.78 is 0. The molecule has 4 N–H and O–H groups in total. The maximum atomic E-state index is 11.5. The summed E-state index contributed by atoms with van der Waals surface area (Å²) >= 11 is 0. The van der Waals surface area contributed by atoms with Gasteiger partial charge in [0.05, 0.1) is 17.6 Å². The topological polar surface area (TPSA) is 96.7 Å². The van der Waals surface area contributed by atoms with Gasteiger partial charge >= 0.3 is 0 Å². The third-order valence-corrected chi connectivity index (χ3v) is 3.67. The Balaban J connectivity index is 2.00. The van der Waals surface area contributed by atoms with Crippen molar-refractivity contribution in [2.45, 2.75) is 38.1 Å². The number of primary amides is 1. The number of nitrogens with one attached hydrogen (secondary N) is 2. The lowest BCUT2D eigenvalue weighted by Gasteiger charge is -2.24. The molecule has 6 nitrogen and oxygen atoms in total. The number of anilines is 1. The lowest BCUT2D eigenvalue weighted by molar-refractivity contribution is 0.100. The van der Waals surface area contributed by atoms with Gasteiger partial charge in [0.2, 0.25) is 0 Å². The average Bonchev–Trinajstić information content (AvgIpc) is 2.88. The van der Waals surface area contributed by atoms with E-state index in [9.17, 15) is 4.79 Å². The molecule has 0 aromatic carbocycles. The van der Waals surface area contributed by atoms with Crippen LogP contribution in [0.25, 0.3) is 11.2 Å². The number of nitrogens with zero attached hydrogens (tertiary/aromatic N) is 2. The van der Waals surface area contributed by atoms with Gasteiger partial charge in [0.15, 0.2) is 5.65 Å². The standard InChI is InChI=1S/C13H17N5O/c14-12(19)9-6-15-13-11(16-7-17-13)10(9)18-8-4-2-1-3-5-8/h6-8H,1-5H2,(H2,14,19)(H2,15,16,17,18). The van der Waals surface area contributed by atoms with Crippen LogP contribution in [0.2, 0.25) is 0 Å². The average molecular weight is 259 g/mol. The summed E-state index contributed by atoms with van der Waals surface area (Å²) in [5, 5.41) is 3.44. The van der Waals surface area contributed by atoms with Crippen LogP contribution in [-0.4, -0.2) is 26.9 Å². The maximum Gasteiger partial charge on any atom is 0.252 e. The minimum absolute atomic E-state index is 0.383. The number of rotatable bonds is 3. The Hall–Kier alpha value is -2.11. The van der Waals surface area contributed by atoms with Crippen molar-refractivity contribution in [3.8, 4) is 0 Å². The Labute approximate surface area is 110 Å². The molecule has 1 amide bonds. The first kappa shape index (κ1) is 12.0. The molecule has 6 heteroatoms. The second-order valence-corrected chi connectivity index (χ2v) is 4.99. The van der Waals surface area contributed by atoms with Crippen LogP contribution in [-0.2, 0) is 0 Å². The van der Waals surface area contributed by atoms with Gasteiger partial charge < -0.3 is 16.0 Å². The van der Waals surface area contributed by atoms with E-state index in [-0.39, 0.29) is 0 Å². The van der Waals surface area contributed by atoms with Gasteiger partial charge in [-0.3, -0.25) is 4.79 Å². The zero-order valence-corrected chi connectivity index (χ0v) is 10.6. The highest BCUT2D eigenvalue weighted by Crippen LogP contribution is 2.27.